The number of nitrogens with zero attached hydrogens (tertiary/aromatic N) is 2. The molecule has 1 aromatic heterocycles. The van der Waals surface area contributed by atoms with Crippen molar-refractivity contribution in [3.05, 3.63) is 41.4 Å². The SMILES string of the molecule is OC1CCC(NCC2CCC(Nc3cc(Nc4ccc(F)c(Cl)c4)ncn3)CC2)CC1. The number of benzene rings is 1. The van der Waals surface area contributed by atoms with E-state index in [4.69, 9.17) is 11.6 Å². The number of halogens is 2. The molecule has 168 valence electrons. The summed E-state index contributed by atoms with van der Waals surface area (Å²) < 4.78 is 13.3. The van der Waals surface area contributed by atoms with Gasteiger partial charge in [0.15, 0.2) is 0 Å². The Labute approximate surface area is 188 Å². The molecule has 0 atom stereocenters. The van der Waals surface area contributed by atoms with Gasteiger partial charge in [0.05, 0.1) is 11.1 Å². The van der Waals surface area contributed by atoms with Gasteiger partial charge in [-0.1, -0.05) is 11.6 Å². The molecule has 0 saturated heterocycles. The highest BCUT2D eigenvalue weighted by Gasteiger charge is 2.24. The monoisotopic (exact) mass is 447 g/mol. The molecule has 31 heavy (non-hydrogen) atoms. The van der Waals surface area contributed by atoms with E-state index in [2.05, 4.69) is 25.9 Å². The lowest BCUT2D eigenvalue weighted by molar-refractivity contribution is 0.115. The summed E-state index contributed by atoms with van der Waals surface area (Å²) in [5.41, 5.74) is 0.677. The van der Waals surface area contributed by atoms with Crippen molar-refractivity contribution in [3.63, 3.8) is 0 Å². The number of hydrogen-bond acceptors (Lipinski definition) is 6. The minimum atomic E-state index is -0.444. The molecule has 0 aliphatic heterocycles. The second kappa shape index (κ2) is 10.6. The van der Waals surface area contributed by atoms with E-state index < -0.39 is 5.82 Å². The van der Waals surface area contributed by atoms with E-state index >= 15 is 0 Å². The zero-order chi connectivity index (χ0) is 21.6. The van der Waals surface area contributed by atoms with Crippen LogP contribution in [-0.2, 0) is 0 Å². The maximum Gasteiger partial charge on any atom is 0.141 e. The molecule has 2 aliphatic carbocycles. The summed E-state index contributed by atoms with van der Waals surface area (Å²) in [5.74, 6) is 1.69. The van der Waals surface area contributed by atoms with Crippen LogP contribution in [-0.4, -0.2) is 39.8 Å². The molecule has 2 saturated carbocycles. The van der Waals surface area contributed by atoms with Gasteiger partial charge in [0, 0.05) is 23.8 Å². The van der Waals surface area contributed by atoms with Gasteiger partial charge in [-0.25, -0.2) is 14.4 Å². The van der Waals surface area contributed by atoms with Crippen LogP contribution >= 0.6 is 11.6 Å². The number of aliphatic hydroxyl groups excluding tert-OH is 1. The van der Waals surface area contributed by atoms with Crippen LogP contribution in [0.25, 0.3) is 0 Å². The maximum absolute atomic E-state index is 13.3. The summed E-state index contributed by atoms with van der Waals surface area (Å²) in [4.78, 5) is 8.59. The van der Waals surface area contributed by atoms with Crippen LogP contribution in [0.3, 0.4) is 0 Å². The van der Waals surface area contributed by atoms with E-state index in [0.29, 0.717) is 23.6 Å². The van der Waals surface area contributed by atoms with Crippen LogP contribution in [0.2, 0.25) is 5.02 Å². The quantitative estimate of drug-likeness (QED) is 0.484. The van der Waals surface area contributed by atoms with Crippen molar-refractivity contribution in [3.8, 4) is 0 Å². The minimum Gasteiger partial charge on any atom is -0.393 e. The molecular weight excluding hydrogens is 417 g/mol. The van der Waals surface area contributed by atoms with E-state index in [-0.39, 0.29) is 11.1 Å². The highest BCUT2D eigenvalue weighted by Crippen LogP contribution is 2.28. The molecule has 4 N–H and O–H groups in total. The summed E-state index contributed by atoms with van der Waals surface area (Å²) in [7, 11) is 0. The lowest BCUT2D eigenvalue weighted by Gasteiger charge is -2.32. The Morgan fingerprint density at radius 1 is 0.935 bits per heavy atom. The van der Waals surface area contributed by atoms with Gasteiger partial charge in [0.25, 0.3) is 0 Å². The fourth-order valence-corrected chi connectivity index (χ4v) is 4.74. The number of aliphatic hydroxyl groups is 1. The summed E-state index contributed by atoms with van der Waals surface area (Å²) in [6.45, 7) is 1.08. The summed E-state index contributed by atoms with van der Waals surface area (Å²) >= 11 is 5.85. The van der Waals surface area contributed by atoms with Gasteiger partial charge in [-0.05, 0) is 82.0 Å². The summed E-state index contributed by atoms with van der Waals surface area (Å²) in [5, 5.41) is 20.1. The fraction of sp³-hybridized carbons (Fsp3) is 0.565. The number of anilines is 3. The second-order valence-corrected chi connectivity index (χ2v) is 9.23. The normalized spacial score (nSPS) is 26.4. The standard InChI is InChI=1S/C23H31ClFN5O/c24-20-11-18(7-10-21(20)25)30-23-12-22(27-14-28-23)29-17-3-1-15(2-4-17)13-26-16-5-8-19(31)9-6-16/h7,10-12,14-17,19,26,31H,1-6,8-9,13H2,(H2,27,28,29,30). The minimum absolute atomic E-state index is 0.0738. The molecule has 0 amide bonds. The summed E-state index contributed by atoms with van der Waals surface area (Å²) in [6.07, 6.45) is 10.1. The Balaban J connectivity index is 1.22. The third-order valence-corrected chi connectivity index (χ3v) is 6.74. The Hall–Kier alpha value is -1.96. The molecule has 1 aromatic carbocycles. The van der Waals surface area contributed by atoms with Crippen LogP contribution in [0.4, 0.5) is 21.7 Å². The first-order chi connectivity index (χ1) is 15.0. The van der Waals surface area contributed by atoms with Gasteiger partial charge < -0.3 is 21.1 Å². The number of hydrogen-bond donors (Lipinski definition) is 4. The highest BCUT2D eigenvalue weighted by atomic mass is 35.5. The Morgan fingerprint density at radius 3 is 2.39 bits per heavy atom. The van der Waals surface area contributed by atoms with Crippen molar-refractivity contribution < 1.29 is 9.50 Å². The first-order valence-corrected chi connectivity index (χ1v) is 11.6. The summed E-state index contributed by atoms with van der Waals surface area (Å²) in [6, 6.07) is 7.34. The Bertz CT molecular complexity index is 854. The molecule has 2 aromatic rings. The molecule has 2 aliphatic rings. The largest absolute Gasteiger partial charge is 0.393 e. The van der Waals surface area contributed by atoms with Crippen molar-refractivity contribution in [2.24, 2.45) is 5.92 Å². The van der Waals surface area contributed by atoms with Crippen molar-refractivity contribution in [1.82, 2.24) is 15.3 Å². The second-order valence-electron chi connectivity index (χ2n) is 8.82. The molecule has 0 spiro atoms. The molecule has 2 fully saturated rings. The predicted octanol–water partition coefficient (Wildman–Crippen LogP) is 4.88. The lowest BCUT2D eigenvalue weighted by atomic mass is 9.85. The number of rotatable bonds is 7. The van der Waals surface area contributed by atoms with Crippen LogP contribution in [0.5, 0.6) is 0 Å². The van der Waals surface area contributed by atoms with Gasteiger partial charge in [-0.15, -0.1) is 0 Å². The van der Waals surface area contributed by atoms with Gasteiger partial charge in [0.1, 0.15) is 23.8 Å². The molecular formula is C23H31ClFN5O. The van der Waals surface area contributed by atoms with E-state index in [1.165, 1.54) is 31.3 Å². The topological polar surface area (TPSA) is 82.1 Å². The average molecular weight is 448 g/mol. The van der Waals surface area contributed by atoms with Crippen LogP contribution < -0.4 is 16.0 Å². The van der Waals surface area contributed by atoms with Crippen molar-refractivity contribution in [2.45, 2.75) is 69.6 Å². The van der Waals surface area contributed by atoms with Gasteiger partial charge in [-0.2, -0.15) is 0 Å². The third kappa shape index (κ3) is 6.51. The van der Waals surface area contributed by atoms with Gasteiger partial charge in [-0.3, -0.25) is 0 Å². The van der Waals surface area contributed by atoms with Crippen LogP contribution in [0.1, 0.15) is 51.4 Å². The van der Waals surface area contributed by atoms with Gasteiger partial charge in [0.2, 0.25) is 0 Å². The Morgan fingerprint density at radius 2 is 1.65 bits per heavy atom. The van der Waals surface area contributed by atoms with Crippen LogP contribution in [0.15, 0.2) is 30.6 Å². The van der Waals surface area contributed by atoms with Crippen molar-refractivity contribution in [1.29, 1.82) is 0 Å². The van der Waals surface area contributed by atoms with E-state index in [9.17, 15) is 9.50 Å². The van der Waals surface area contributed by atoms with Crippen molar-refractivity contribution in [2.75, 3.05) is 17.2 Å². The Kier molecular flexibility index (Phi) is 7.58. The molecule has 0 unspecified atom stereocenters. The molecule has 8 heteroatoms. The molecule has 4 rings (SSSR count). The smallest absolute Gasteiger partial charge is 0.141 e. The first-order valence-electron chi connectivity index (χ1n) is 11.3. The lowest BCUT2D eigenvalue weighted by Crippen LogP contribution is -2.39. The van der Waals surface area contributed by atoms with Crippen LogP contribution in [0, 0.1) is 11.7 Å². The maximum atomic E-state index is 13.3. The highest BCUT2D eigenvalue weighted by molar-refractivity contribution is 6.31. The van der Waals surface area contributed by atoms with E-state index in [0.717, 1.165) is 56.8 Å². The van der Waals surface area contributed by atoms with E-state index in [1.807, 2.05) is 6.07 Å². The molecule has 0 bridgehead atoms. The number of nitrogens with one attached hydrogen (secondary N) is 3. The van der Waals surface area contributed by atoms with Gasteiger partial charge >= 0.3 is 0 Å². The first kappa shape index (κ1) is 22.2. The third-order valence-electron chi connectivity index (χ3n) is 6.45. The molecule has 1 heterocycles. The number of aromatic nitrogens is 2. The molecule has 6 nitrogen and oxygen atoms in total. The van der Waals surface area contributed by atoms with Crippen molar-refractivity contribution >= 4 is 28.9 Å². The molecule has 0 radical (unpaired) electrons. The zero-order valence-electron chi connectivity index (χ0n) is 17.7. The van der Waals surface area contributed by atoms with E-state index in [1.54, 1.807) is 6.07 Å². The zero-order valence-corrected chi connectivity index (χ0v) is 18.4. The predicted molar refractivity (Wildman–Crippen MR) is 122 cm³/mol. The fourth-order valence-electron chi connectivity index (χ4n) is 4.56. The average Bonchev–Trinajstić information content (AvgIpc) is 2.77.